The lowest BCUT2D eigenvalue weighted by Crippen LogP contribution is -2.51. The van der Waals surface area contributed by atoms with Crippen molar-refractivity contribution >= 4 is 43.5 Å². The molecule has 9 heteroatoms. The van der Waals surface area contributed by atoms with Crippen molar-refractivity contribution in [2.45, 2.75) is 58.0 Å². The van der Waals surface area contributed by atoms with E-state index in [2.05, 4.69) is 21.2 Å². The highest BCUT2D eigenvalue weighted by Crippen LogP contribution is 2.29. The van der Waals surface area contributed by atoms with Crippen LogP contribution in [0.15, 0.2) is 82.2 Å². The number of carbonyl (C=O) groups excluding carboxylic acids is 2. The van der Waals surface area contributed by atoms with Crippen molar-refractivity contribution < 1.29 is 18.0 Å². The first-order valence-electron chi connectivity index (χ1n) is 13.0. The lowest BCUT2D eigenvalue weighted by Gasteiger charge is -2.32. The Balaban J connectivity index is 2.02. The summed E-state index contributed by atoms with van der Waals surface area (Å²) < 4.78 is 29.8. The Hall–Kier alpha value is -3.17. The number of benzene rings is 3. The average Bonchev–Trinajstić information content (AvgIpc) is 2.93. The second-order valence-electron chi connectivity index (χ2n) is 9.51. The molecule has 0 radical (unpaired) electrons. The van der Waals surface area contributed by atoms with Crippen LogP contribution < -0.4 is 9.62 Å². The van der Waals surface area contributed by atoms with Crippen molar-refractivity contribution in [2.24, 2.45) is 0 Å². The number of halogens is 1. The lowest BCUT2D eigenvalue weighted by atomic mass is 10.1. The van der Waals surface area contributed by atoms with Crippen LogP contribution in [0.25, 0.3) is 0 Å². The van der Waals surface area contributed by atoms with Crippen LogP contribution in [0.3, 0.4) is 0 Å². The molecular weight excluding hydrogens is 578 g/mol. The van der Waals surface area contributed by atoms with Gasteiger partial charge in [0.25, 0.3) is 10.0 Å². The molecule has 0 aliphatic heterocycles. The van der Waals surface area contributed by atoms with E-state index in [0.29, 0.717) is 12.2 Å². The normalized spacial score (nSPS) is 12.0. The van der Waals surface area contributed by atoms with Crippen LogP contribution in [0.2, 0.25) is 0 Å². The minimum Gasteiger partial charge on any atom is -0.354 e. The number of aryl methyl sites for hydroxylation is 1. The Labute approximate surface area is 240 Å². The van der Waals surface area contributed by atoms with Gasteiger partial charge < -0.3 is 10.2 Å². The number of rotatable bonds is 12. The second-order valence-corrected chi connectivity index (χ2v) is 12.3. The number of nitrogens with one attached hydrogen (secondary N) is 1. The number of anilines is 1. The fourth-order valence-corrected chi connectivity index (χ4v) is 5.90. The SMILES string of the molecule is CCCCNC(=O)[C@H](C)N(Cc1ccc(Br)cc1)C(=O)CN(c1cccc(C)c1C)S(=O)(=O)c1ccccc1. The number of sulfonamides is 1. The minimum atomic E-state index is -4.08. The van der Waals surface area contributed by atoms with Crippen LogP contribution in [0, 0.1) is 13.8 Å². The topological polar surface area (TPSA) is 86.8 Å². The lowest BCUT2D eigenvalue weighted by molar-refractivity contribution is -0.139. The van der Waals surface area contributed by atoms with Gasteiger partial charge in [-0.15, -0.1) is 0 Å². The quantitative estimate of drug-likeness (QED) is 0.270. The molecule has 0 unspecified atom stereocenters. The zero-order valence-electron chi connectivity index (χ0n) is 22.9. The molecule has 1 N–H and O–H groups in total. The average molecular weight is 615 g/mol. The number of nitrogens with zero attached hydrogens (tertiary/aromatic N) is 2. The van der Waals surface area contributed by atoms with E-state index in [9.17, 15) is 18.0 Å². The van der Waals surface area contributed by atoms with Crippen molar-refractivity contribution in [3.63, 3.8) is 0 Å². The maximum absolute atomic E-state index is 14.0. The number of carbonyl (C=O) groups is 2. The van der Waals surface area contributed by atoms with Crippen LogP contribution in [0.4, 0.5) is 5.69 Å². The Bertz CT molecular complexity index is 1380. The van der Waals surface area contributed by atoms with Gasteiger partial charge in [0.1, 0.15) is 12.6 Å². The molecule has 2 amide bonds. The Kier molecular flexibility index (Phi) is 10.7. The predicted molar refractivity (Wildman–Crippen MR) is 159 cm³/mol. The molecule has 0 aliphatic carbocycles. The van der Waals surface area contributed by atoms with Crippen LogP contribution >= 0.6 is 15.9 Å². The summed E-state index contributed by atoms with van der Waals surface area (Å²) in [5.41, 5.74) is 2.91. The molecule has 3 aromatic rings. The number of amides is 2. The molecule has 0 aliphatic rings. The highest BCUT2D eigenvalue weighted by atomic mass is 79.9. The van der Waals surface area contributed by atoms with E-state index in [1.54, 1.807) is 37.3 Å². The first-order chi connectivity index (χ1) is 18.6. The summed E-state index contributed by atoms with van der Waals surface area (Å²) in [6.45, 7) is 7.66. The second kappa shape index (κ2) is 13.8. The Morgan fingerprint density at radius 1 is 0.949 bits per heavy atom. The summed E-state index contributed by atoms with van der Waals surface area (Å²) in [4.78, 5) is 28.5. The van der Waals surface area contributed by atoms with Crippen LogP contribution in [-0.4, -0.2) is 44.3 Å². The molecule has 208 valence electrons. The van der Waals surface area contributed by atoms with Gasteiger partial charge in [-0.2, -0.15) is 0 Å². The minimum absolute atomic E-state index is 0.0866. The van der Waals surface area contributed by atoms with Gasteiger partial charge >= 0.3 is 0 Å². The van der Waals surface area contributed by atoms with Crippen LogP contribution in [0.5, 0.6) is 0 Å². The number of unbranched alkanes of at least 4 members (excludes halogenated alkanes) is 1. The van der Waals surface area contributed by atoms with Crippen LogP contribution in [-0.2, 0) is 26.2 Å². The standard InChI is InChI=1S/C30H36BrN3O4S/c1-5-6-19-32-30(36)24(4)33(20-25-15-17-26(31)18-16-25)29(35)21-34(28-14-10-11-22(2)23(28)3)39(37,38)27-12-8-7-9-13-27/h7-18,24H,5-6,19-21H2,1-4H3,(H,32,36)/t24-/m0/s1. The van der Waals surface area contributed by atoms with Gasteiger partial charge in [0.15, 0.2) is 0 Å². The zero-order chi connectivity index (χ0) is 28.6. The molecule has 0 bridgehead atoms. The summed E-state index contributed by atoms with van der Waals surface area (Å²) in [6, 6.07) is 20.1. The van der Waals surface area contributed by atoms with Crippen molar-refractivity contribution in [1.82, 2.24) is 10.2 Å². The molecule has 1 atom stereocenters. The largest absolute Gasteiger partial charge is 0.354 e. The van der Waals surface area contributed by atoms with E-state index >= 15 is 0 Å². The fourth-order valence-electron chi connectivity index (χ4n) is 4.14. The summed E-state index contributed by atoms with van der Waals surface area (Å²) in [5.74, 6) is -0.755. The molecular formula is C30H36BrN3O4S. The van der Waals surface area contributed by atoms with Gasteiger partial charge in [0.2, 0.25) is 11.8 Å². The van der Waals surface area contributed by atoms with Crippen molar-refractivity contribution in [2.75, 3.05) is 17.4 Å². The van der Waals surface area contributed by atoms with Crippen molar-refractivity contribution in [3.8, 4) is 0 Å². The zero-order valence-corrected chi connectivity index (χ0v) is 25.3. The number of hydrogen-bond acceptors (Lipinski definition) is 4. The molecule has 39 heavy (non-hydrogen) atoms. The molecule has 7 nitrogen and oxygen atoms in total. The monoisotopic (exact) mass is 613 g/mol. The van der Waals surface area contributed by atoms with Crippen molar-refractivity contribution in [3.05, 3.63) is 94.0 Å². The molecule has 0 fully saturated rings. The van der Waals surface area contributed by atoms with Gasteiger partial charge in [-0.3, -0.25) is 13.9 Å². The fraction of sp³-hybridized carbons (Fsp3) is 0.333. The third-order valence-corrected chi connectivity index (χ3v) is 9.02. The maximum Gasteiger partial charge on any atom is 0.264 e. The molecule has 0 saturated heterocycles. The van der Waals surface area contributed by atoms with E-state index in [-0.39, 0.29) is 17.3 Å². The molecule has 3 rings (SSSR count). The molecule has 0 saturated carbocycles. The van der Waals surface area contributed by atoms with E-state index in [0.717, 1.165) is 38.3 Å². The first-order valence-corrected chi connectivity index (χ1v) is 15.2. The van der Waals surface area contributed by atoms with E-state index < -0.39 is 28.5 Å². The van der Waals surface area contributed by atoms with Gasteiger partial charge in [-0.25, -0.2) is 8.42 Å². The summed E-state index contributed by atoms with van der Waals surface area (Å²) in [7, 11) is -4.08. The first kappa shape index (κ1) is 30.4. The maximum atomic E-state index is 14.0. The smallest absolute Gasteiger partial charge is 0.264 e. The molecule has 0 aromatic heterocycles. The highest BCUT2D eigenvalue weighted by molar-refractivity contribution is 9.10. The van der Waals surface area contributed by atoms with E-state index in [1.807, 2.05) is 51.1 Å². The highest BCUT2D eigenvalue weighted by Gasteiger charge is 2.33. The van der Waals surface area contributed by atoms with Crippen LogP contribution in [0.1, 0.15) is 43.4 Å². The van der Waals surface area contributed by atoms with Gasteiger partial charge in [0.05, 0.1) is 10.6 Å². The summed E-state index contributed by atoms with van der Waals surface area (Å²) in [6.07, 6.45) is 1.76. The molecule has 3 aromatic carbocycles. The third kappa shape index (κ3) is 7.70. The Morgan fingerprint density at radius 2 is 1.62 bits per heavy atom. The Morgan fingerprint density at radius 3 is 2.26 bits per heavy atom. The summed E-state index contributed by atoms with van der Waals surface area (Å²) >= 11 is 3.43. The van der Waals surface area contributed by atoms with Gasteiger partial charge in [-0.05, 0) is 74.2 Å². The van der Waals surface area contributed by atoms with E-state index in [1.165, 1.54) is 17.0 Å². The molecule has 0 spiro atoms. The van der Waals surface area contributed by atoms with Gasteiger partial charge in [0, 0.05) is 17.6 Å². The third-order valence-electron chi connectivity index (χ3n) is 6.72. The summed E-state index contributed by atoms with van der Waals surface area (Å²) in [5, 5.41) is 2.90. The predicted octanol–water partition coefficient (Wildman–Crippen LogP) is 5.59. The van der Waals surface area contributed by atoms with Gasteiger partial charge in [-0.1, -0.05) is 71.7 Å². The molecule has 0 heterocycles. The van der Waals surface area contributed by atoms with E-state index in [4.69, 9.17) is 0 Å². The number of hydrogen-bond donors (Lipinski definition) is 1. The van der Waals surface area contributed by atoms with Crippen molar-refractivity contribution in [1.29, 1.82) is 0 Å².